The molecular formula is C16H20N2O3S2. The van der Waals surface area contributed by atoms with Gasteiger partial charge in [-0.15, -0.1) is 11.3 Å². The van der Waals surface area contributed by atoms with E-state index in [-0.39, 0.29) is 23.5 Å². The van der Waals surface area contributed by atoms with Gasteiger partial charge in [0.05, 0.1) is 21.0 Å². The van der Waals surface area contributed by atoms with Gasteiger partial charge >= 0.3 is 0 Å². The van der Waals surface area contributed by atoms with Gasteiger partial charge in [-0.05, 0) is 43.4 Å². The van der Waals surface area contributed by atoms with E-state index in [1.807, 2.05) is 25.1 Å². The van der Waals surface area contributed by atoms with Gasteiger partial charge in [-0.3, -0.25) is 4.79 Å². The molecule has 1 saturated carbocycles. The molecule has 0 atom stereocenters. The zero-order valence-electron chi connectivity index (χ0n) is 13.5. The Bertz CT molecular complexity index is 867. The van der Waals surface area contributed by atoms with Crippen molar-refractivity contribution in [3.05, 3.63) is 23.2 Å². The summed E-state index contributed by atoms with van der Waals surface area (Å²) < 4.78 is 24.1. The van der Waals surface area contributed by atoms with E-state index in [9.17, 15) is 13.2 Å². The van der Waals surface area contributed by atoms with E-state index < -0.39 is 9.84 Å². The lowest BCUT2D eigenvalue weighted by Crippen LogP contribution is -2.30. The van der Waals surface area contributed by atoms with Gasteiger partial charge in [0, 0.05) is 25.4 Å². The number of aromatic nitrogens is 1. The number of sulfone groups is 1. The number of fused-ring (bicyclic) bond motifs is 1. The minimum absolute atomic E-state index is 0.0354. The van der Waals surface area contributed by atoms with Gasteiger partial charge in [0.25, 0.3) is 0 Å². The molecule has 0 saturated heterocycles. The monoisotopic (exact) mass is 352 g/mol. The van der Waals surface area contributed by atoms with Crippen LogP contribution >= 0.6 is 11.3 Å². The van der Waals surface area contributed by atoms with Crippen molar-refractivity contribution in [2.45, 2.75) is 26.2 Å². The molecule has 5 nitrogen and oxygen atoms in total. The maximum Gasteiger partial charge on any atom is 0.227 e. The van der Waals surface area contributed by atoms with Crippen LogP contribution in [0.15, 0.2) is 18.2 Å². The van der Waals surface area contributed by atoms with Crippen molar-refractivity contribution >= 4 is 43.0 Å². The SMILES string of the molecule is Cc1nc2ccc(N(C)C(=O)CC3(CS(C)(=O)=O)CC3)cc2s1. The first-order valence-corrected chi connectivity index (χ1v) is 10.4. The van der Waals surface area contributed by atoms with Crippen molar-refractivity contribution in [3.63, 3.8) is 0 Å². The van der Waals surface area contributed by atoms with Gasteiger partial charge in [0.1, 0.15) is 9.84 Å². The Morgan fingerprint density at radius 2 is 2.09 bits per heavy atom. The van der Waals surface area contributed by atoms with E-state index in [4.69, 9.17) is 0 Å². The Labute approximate surface area is 140 Å². The van der Waals surface area contributed by atoms with E-state index in [0.717, 1.165) is 33.8 Å². The number of carbonyl (C=O) groups excluding carboxylic acids is 1. The number of thiazole rings is 1. The van der Waals surface area contributed by atoms with Crippen molar-refractivity contribution in [1.29, 1.82) is 0 Å². The maximum absolute atomic E-state index is 12.5. The van der Waals surface area contributed by atoms with Gasteiger partial charge in [-0.25, -0.2) is 13.4 Å². The van der Waals surface area contributed by atoms with Crippen LogP contribution in [0.2, 0.25) is 0 Å². The molecule has 1 aromatic heterocycles. The number of benzene rings is 1. The summed E-state index contributed by atoms with van der Waals surface area (Å²) in [5.41, 5.74) is 1.42. The molecule has 0 N–H and O–H groups in total. The molecule has 1 aromatic carbocycles. The molecule has 1 aliphatic rings. The van der Waals surface area contributed by atoms with Crippen LogP contribution < -0.4 is 4.90 Å². The van der Waals surface area contributed by atoms with Gasteiger partial charge in [0.15, 0.2) is 0 Å². The van der Waals surface area contributed by atoms with Crippen LogP contribution in [0.4, 0.5) is 5.69 Å². The molecule has 0 spiro atoms. The molecule has 0 unspecified atom stereocenters. The summed E-state index contributed by atoms with van der Waals surface area (Å²) in [6.07, 6.45) is 3.15. The van der Waals surface area contributed by atoms with Gasteiger partial charge in [-0.2, -0.15) is 0 Å². The Kier molecular flexibility index (Phi) is 3.96. The molecule has 1 fully saturated rings. The highest BCUT2D eigenvalue weighted by Crippen LogP contribution is 2.50. The summed E-state index contributed by atoms with van der Waals surface area (Å²) in [4.78, 5) is 18.6. The molecule has 1 aliphatic carbocycles. The fraction of sp³-hybridized carbons (Fsp3) is 0.500. The number of carbonyl (C=O) groups is 1. The van der Waals surface area contributed by atoms with Crippen molar-refractivity contribution in [3.8, 4) is 0 Å². The molecule has 7 heteroatoms. The van der Waals surface area contributed by atoms with Crippen LogP contribution in [-0.4, -0.2) is 38.4 Å². The molecule has 3 rings (SSSR count). The van der Waals surface area contributed by atoms with Gasteiger partial charge in [-0.1, -0.05) is 0 Å². The molecular weight excluding hydrogens is 332 g/mol. The Balaban J connectivity index is 1.76. The summed E-state index contributed by atoms with van der Waals surface area (Å²) in [5, 5.41) is 0.996. The number of hydrogen-bond donors (Lipinski definition) is 0. The number of rotatable bonds is 5. The average Bonchev–Trinajstić information content (AvgIpc) is 3.05. The van der Waals surface area contributed by atoms with Crippen molar-refractivity contribution < 1.29 is 13.2 Å². The first kappa shape index (κ1) is 16.4. The zero-order valence-corrected chi connectivity index (χ0v) is 15.1. The molecule has 1 heterocycles. The van der Waals surface area contributed by atoms with Crippen molar-refractivity contribution in [2.24, 2.45) is 5.41 Å². The highest BCUT2D eigenvalue weighted by molar-refractivity contribution is 7.90. The van der Waals surface area contributed by atoms with E-state index in [2.05, 4.69) is 4.98 Å². The van der Waals surface area contributed by atoms with Crippen LogP contribution in [0.25, 0.3) is 10.2 Å². The second kappa shape index (κ2) is 5.56. The fourth-order valence-electron chi connectivity index (χ4n) is 2.93. The normalized spacial score (nSPS) is 16.5. The molecule has 2 aromatic rings. The quantitative estimate of drug-likeness (QED) is 0.830. The molecule has 1 amide bonds. The number of hydrogen-bond acceptors (Lipinski definition) is 5. The van der Waals surface area contributed by atoms with Crippen LogP contribution in [0, 0.1) is 12.3 Å². The van der Waals surface area contributed by atoms with E-state index in [0.29, 0.717) is 0 Å². The summed E-state index contributed by atoms with van der Waals surface area (Å²) in [7, 11) is -1.31. The van der Waals surface area contributed by atoms with Gasteiger partial charge < -0.3 is 4.90 Å². The van der Waals surface area contributed by atoms with E-state index >= 15 is 0 Å². The maximum atomic E-state index is 12.5. The van der Waals surface area contributed by atoms with Crippen molar-refractivity contribution in [2.75, 3.05) is 24.0 Å². The molecule has 23 heavy (non-hydrogen) atoms. The predicted molar refractivity (Wildman–Crippen MR) is 93.8 cm³/mol. The zero-order chi connectivity index (χ0) is 16.8. The lowest BCUT2D eigenvalue weighted by Gasteiger charge is -2.21. The number of amides is 1. The number of aryl methyl sites for hydroxylation is 1. The average molecular weight is 352 g/mol. The second-order valence-electron chi connectivity index (χ2n) is 6.58. The summed E-state index contributed by atoms with van der Waals surface area (Å²) >= 11 is 1.60. The van der Waals surface area contributed by atoms with E-state index in [1.165, 1.54) is 6.26 Å². The standard InChI is InChI=1S/C16H20N2O3S2/c1-11-17-13-5-4-12(8-14(13)22-11)18(2)15(19)9-16(6-7-16)10-23(3,20)21/h4-5,8H,6-7,9-10H2,1-3H3. The molecule has 124 valence electrons. The van der Waals surface area contributed by atoms with Crippen LogP contribution in [0.3, 0.4) is 0 Å². The Morgan fingerprint density at radius 3 is 2.70 bits per heavy atom. The Hall–Kier alpha value is -1.47. The highest BCUT2D eigenvalue weighted by Gasteiger charge is 2.47. The third-order valence-electron chi connectivity index (χ3n) is 4.29. The molecule has 0 radical (unpaired) electrons. The third kappa shape index (κ3) is 3.72. The summed E-state index contributed by atoms with van der Waals surface area (Å²) in [5.74, 6) is 0.0684. The lowest BCUT2D eigenvalue weighted by molar-refractivity contribution is -0.119. The van der Waals surface area contributed by atoms with Crippen molar-refractivity contribution in [1.82, 2.24) is 4.98 Å². The molecule has 0 aliphatic heterocycles. The lowest BCUT2D eigenvalue weighted by atomic mass is 10.0. The van der Waals surface area contributed by atoms with E-state index in [1.54, 1.807) is 23.3 Å². The van der Waals surface area contributed by atoms with Gasteiger partial charge in [0.2, 0.25) is 5.91 Å². The second-order valence-corrected chi connectivity index (χ2v) is 9.96. The molecule has 0 bridgehead atoms. The third-order valence-corrected chi connectivity index (χ3v) is 6.36. The van der Waals surface area contributed by atoms with Crippen LogP contribution in [0.5, 0.6) is 0 Å². The minimum Gasteiger partial charge on any atom is -0.315 e. The fourth-order valence-corrected chi connectivity index (χ4v) is 5.29. The minimum atomic E-state index is -3.06. The highest BCUT2D eigenvalue weighted by atomic mass is 32.2. The summed E-state index contributed by atoms with van der Waals surface area (Å²) in [6.45, 7) is 1.96. The number of nitrogens with zero attached hydrogens (tertiary/aromatic N) is 2. The largest absolute Gasteiger partial charge is 0.315 e. The Morgan fingerprint density at radius 1 is 1.39 bits per heavy atom. The van der Waals surface area contributed by atoms with Crippen LogP contribution in [-0.2, 0) is 14.6 Å². The first-order chi connectivity index (χ1) is 10.7. The smallest absolute Gasteiger partial charge is 0.227 e. The van der Waals surface area contributed by atoms with Crippen LogP contribution in [0.1, 0.15) is 24.3 Å². The summed E-state index contributed by atoms with van der Waals surface area (Å²) in [6, 6.07) is 5.77. The topological polar surface area (TPSA) is 67.3 Å². The first-order valence-electron chi connectivity index (χ1n) is 7.49. The number of anilines is 1. The predicted octanol–water partition coefficient (Wildman–Crippen LogP) is 2.78.